The highest BCUT2D eigenvalue weighted by Crippen LogP contribution is 2.32. The van der Waals surface area contributed by atoms with Gasteiger partial charge in [-0.3, -0.25) is 5.32 Å². The predicted octanol–water partition coefficient (Wildman–Crippen LogP) is 1.52. The lowest BCUT2D eigenvalue weighted by Crippen LogP contribution is -2.35. The standard InChI is InChI=1S/C13H18N6O3S/c1-3-4-10-16-17-12(23-10)15-13(21)19-6-8(20)5-9(19)11-14-7(2)18-22-11/h8-9,20H,3-6H2,1-2H3,(H,15,17,21)/t8-,9-/m1/s1. The summed E-state index contributed by atoms with van der Waals surface area (Å²) in [6.45, 7) is 3.97. The molecule has 2 amide bonds. The van der Waals surface area contributed by atoms with E-state index in [1.165, 1.54) is 16.2 Å². The van der Waals surface area contributed by atoms with E-state index < -0.39 is 12.1 Å². The third kappa shape index (κ3) is 3.48. The van der Waals surface area contributed by atoms with Gasteiger partial charge in [0.25, 0.3) is 0 Å². The van der Waals surface area contributed by atoms with Gasteiger partial charge in [0.05, 0.1) is 6.10 Å². The Hall–Kier alpha value is -2.07. The van der Waals surface area contributed by atoms with Gasteiger partial charge in [-0.2, -0.15) is 4.98 Å². The number of hydrogen-bond acceptors (Lipinski definition) is 8. The number of aliphatic hydroxyl groups is 1. The van der Waals surface area contributed by atoms with Crippen LogP contribution in [0.3, 0.4) is 0 Å². The molecule has 0 unspecified atom stereocenters. The quantitative estimate of drug-likeness (QED) is 0.868. The summed E-state index contributed by atoms with van der Waals surface area (Å²) in [7, 11) is 0. The monoisotopic (exact) mass is 338 g/mol. The van der Waals surface area contributed by atoms with Crippen LogP contribution >= 0.6 is 11.3 Å². The summed E-state index contributed by atoms with van der Waals surface area (Å²) < 4.78 is 5.14. The van der Waals surface area contributed by atoms with Crippen molar-refractivity contribution in [2.45, 2.75) is 45.3 Å². The molecule has 0 radical (unpaired) electrons. The summed E-state index contributed by atoms with van der Waals surface area (Å²) in [4.78, 5) is 18.1. The molecule has 23 heavy (non-hydrogen) atoms. The maximum absolute atomic E-state index is 12.5. The van der Waals surface area contributed by atoms with E-state index in [0.29, 0.717) is 23.3 Å². The van der Waals surface area contributed by atoms with Gasteiger partial charge in [0.1, 0.15) is 11.0 Å². The largest absolute Gasteiger partial charge is 0.391 e. The minimum Gasteiger partial charge on any atom is -0.391 e. The molecule has 1 fully saturated rings. The molecule has 3 heterocycles. The van der Waals surface area contributed by atoms with E-state index >= 15 is 0 Å². The highest BCUT2D eigenvalue weighted by atomic mass is 32.1. The van der Waals surface area contributed by atoms with Crippen LogP contribution in [0.1, 0.15) is 42.5 Å². The fourth-order valence-corrected chi connectivity index (χ4v) is 3.33. The van der Waals surface area contributed by atoms with E-state index in [4.69, 9.17) is 4.52 Å². The first-order valence-electron chi connectivity index (χ1n) is 7.45. The van der Waals surface area contributed by atoms with Gasteiger partial charge >= 0.3 is 6.03 Å². The zero-order valence-electron chi connectivity index (χ0n) is 12.9. The third-order valence-corrected chi connectivity index (χ3v) is 4.41. The highest BCUT2D eigenvalue weighted by molar-refractivity contribution is 7.15. The van der Waals surface area contributed by atoms with Crippen molar-refractivity contribution in [3.05, 3.63) is 16.7 Å². The number of urea groups is 1. The van der Waals surface area contributed by atoms with Crippen LogP contribution in [0.2, 0.25) is 0 Å². The summed E-state index contributed by atoms with van der Waals surface area (Å²) >= 11 is 1.35. The van der Waals surface area contributed by atoms with Crippen LogP contribution in [0.25, 0.3) is 0 Å². The minimum atomic E-state index is -0.622. The normalized spacial score (nSPS) is 20.9. The minimum absolute atomic E-state index is 0.207. The maximum atomic E-state index is 12.5. The van der Waals surface area contributed by atoms with Crippen molar-refractivity contribution in [2.75, 3.05) is 11.9 Å². The Kier molecular flexibility index (Phi) is 4.53. The predicted molar refractivity (Wildman–Crippen MR) is 82.0 cm³/mol. The number of β-amino-alcohol motifs (C(OH)–C–C–N with tert-alkyl or cyclic N) is 1. The second-order valence-electron chi connectivity index (χ2n) is 5.42. The Balaban J connectivity index is 1.71. The van der Waals surface area contributed by atoms with Crippen molar-refractivity contribution in [3.63, 3.8) is 0 Å². The number of amides is 2. The van der Waals surface area contributed by atoms with Crippen LogP contribution < -0.4 is 5.32 Å². The molecule has 0 saturated carbocycles. The van der Waals surface area contributed by atoms with E-state index in [1.807, 2.05) is 0 Å². The van der Waals surface area contributed by atoms with Crippen molar-refractivity contribution in [1.29, 1.82) is 0 Å². The Morgan fingerprint density at radius 2 is 2.35 bits per heavy atom. The first kappa shape index (κ1) is 15.8. The van der Waals surface area contributed by atoms with Gasteiger partial charge in [0, 0.05) is 19.4 Å². The highest BCUT2D eigenvalue weighted by Gasteiger charge is 2.39. The van der Waals surface area contributed by atoms with E-state index in [-0.39, 0.29) is 12.6 Å². The fourth-order valence-electron chi connectivity index (χ4n) is 2.50. The first-order valence-corrected chi connectivity index (χ1v) is 8.26. The number of hydrogen-bond donors (Lipinski definition) is 2. The van der Waals surface area contributed by atoms with Crippen LogP contribution in [0.5, 0.6) is 0 Å². The van der Waals surface area contributed by atoms with Crippen molar-refractivity contribution in [2.24, 2.45) is 0 Å². The van der Waals surface area contributed by atoms with E-state index in [9.17, 15) is 9.90 Å². The molecule has 2 aromatic rings. The number of rotatable bonds is 4. The molecule has 0 spiro atoms. The number of aryl methyl sites for hydroxylation is 2. The summed E-state index contributed by atoms with van der Waals surface area (Å²) in [5.74, 6) is 0.827. The van der Waals surface area contributed by atoms with Crippen LogP contribution in [-0.2, 0) is 6.42 Å². The van der Waals surface area contributed by atoms with Gasteiger partial charge in [-0.05, 0) is 13.3 Å². The molecule has 1 aliphatic rings. The lowest BCUT2D eigenvalue weighted by Gasteiger charge is -2.20. The lowest BCUT2D eigenvalue weighted by atomic mass is 10.2. The molecule has 3 rings (SSSR count). The van der Waals surface area contributed by atoms with Crippen LogP contribution in [0, 0.1) is 6.92 Å². The Morgan fingerprint density at radius 3 is 3.04 bits per heavy atom. The third-order valence-electron chi connectivity index (χ3n) is 3.51. The van der Waals surface area contributed by atoms with Gasteiger partial charge in [-0.15, -0.1) is 10.2 Å². The zero-order valence-corrected chi connectivity index (χ0v) is 13.7. The SMILES string of the molecule is CCCc1nnc(NC(=O)N2C[C@H](O)C[C@@H]2c2nc(C)no2)s1. The van der Waals surface area contributed by atoms with Gasteiger partial charge in [0.2, 0.25) is 11.0 Å². The number of carbonyl (C=O) groups is 1. The average molecular weight is 338 g/mol. The number of anilines is 1. The summed E-state index contributed by atoms with van der Waals surface area (Å²) in [6.07, 6.45) is 1.55. The Morgan fingerprint density at radius 1 is 1.52 bits per heavy atom. The van der Waals surface area contributed by atoms with Crippen molar-refractivity contribution in [3.8, 4) is 0 Å². The summed E-state index contributed by atoms with van der Waals surface area (Å²) in [5.41, 5.74) is 0. The summed E-state index contributed by atoms with van der Waals surface area (Å²) in [6, 6.07) is -0.796. The molecule has 9 nitrogen and oxygen atoms in total. The van der Waals surface area contributed by atoms with E-state index in [2.05, 4.69) is 32.6 Å². The fraction of sp³-hybridized carbons (Fsp3) is 0.615. The van der Waals surface area contributed by atoms with Crippen LogP contribution in [-0.4, -0.2) is 49.0 Å². The number of nitrogens with one attached hydrogen (secondary N) is 1. The Labute approximate surface area is 136 Å². The van der Waals surface area contributed by atoms with Gasteiger partial charge < -0.3 is 14.5 Å². The molecule has 1 aliphatic heterocycles. The van der Waals surface area contributed by atoms with Gasteiger partial charge in [0.15, 0.2) is 5.82 Å². The molecule has 0 bridgehead atoms. The van der Waals surface area contributed by atoms with Crippen LogP contribution in [0.15, 0.2) is 4.52 Å². The molecular formula is C13H18N6O3S. The number of aromatic nitrogens is 4. The zero-order chi connectivity index (χ0) is 16.4. The van der Waals surface area contributed by atoms with E-state index in [0.717, 1.165) is 17.8 Å². The first-order chi connectivity index (χ1) is 11.1. The Bertz CT molecular complexity index is 687. The molecule has 10 heteroatoms. The molecule has 2 atom stereocenters. The van der Waals surface area contributed by atoms with Gasteiger partial charge in [-0.1, -0.05) is 23.4 Å². The van der Waals surface area contributed by atoms with Crippen molar-refractivity contribution in [1.82, 2.24) is 25.2 Å². The molecule has 0 aliphatic carbocycles. The number of aliphatic hydroxyl groups excluding tert-OH is 1. The molecule has 2 N–H and O–H groups in total. The molecule has 0 aromatic carbocycles. The number of nitrogens with zero attached hydrogens (tertiary/aromatic N) is 5. The maximum Gasteiger partial charge on any atom is 0.324 e. The molecule has 2 aromatic heterocycles. The summed E-state index contributed by atoms with van der Waals surface area (Å²) in [5, 5.41) is 25.7. The molecule has 1 saturated heterocycles. The van der Waals surface area contributed by atoms with Gasteiger partial charge in [-0.25, -0.2) is 4.79 Å². The average Bonchev–Trinajstić information content (AvgIpc) is 3.20. The second kappa shape index (κ2) is 6.59. The van der Waals surface area contributed by atoms with E-state index in [1.54, 1.807) is 6.92 Å². The number of likely N-dealkylation sites (tertiary alicyclic amines) is 1. The lowest BCUT2D eigenvalue weighted by molar-refractivity contribution is 0.174. The molecular weight excluding hydrogens is 320 g/mol. The second-order valence-corrected chi connectivity index (χ2v) is 6.48. The molecule has 124 valence electrons. The smallest absolute Gasteiger partial charge is 0.324 e. The van der Waals surface area contributed by atoms with Crippen molar-refractivity contribution < 1.29 is 14.4 Å². The van der Waals surface area contributed by atoms with Crippen molar-refractivity contribution >= 4 is 22.5 Å². The number of carbonyl (C=O) groups excluding carboxylic acids is 1. The topological polar surface area (TPSA) is 117 Å². The van der Waals surface area contributed by atoms with Crippen LogP contribution in [0.4, 0.5) is 9.93 Å².